The minimum Gasteiger partial charge on any atom is -0.479 e. The Morgan fingerprint density at radius 1 is 0.667 bits per heavy atom. The van der Waals surface area contributed by atoms with Crippen molar-refractivity contribution >= 4 is 17.9 Å². The largest absolute Gasteiger partial charge is 0.479 e. The lowest BCUT2D eigenvalue weighted by molar-refractivity contribution is -0.298. The van der Waals surface area contributed by atoms with Gasteiger partial charge in [-0.15, -0.1) is 0 Å². The molecule has 11 heteroatoms. The van der Waals surface area contributed by atoms with Gasteiger partial charge in [-0.2, -0.15) is 0 Å². The van der Waals surface area contributed by atoms with Gasteiger partial charge in [0.15, 0.2) is 18.5 Å². The number of hydrogen-bond donors (Lipinski definition) is 4. The second-order valence-corrected chi connectivity index (χ2v) is 12.0. The number of allylic oxidation sites excluding steroid dienone is 2. The van der Waals surface area contributed by atoms with E-state index < -0.39 is 54.7 Å². The van der Waals surface area contributed by atoms with E-state index in [0.717, 1.165) is 64.2 Å². The predicted molar refractivity (Wildman–Crippen MR) is 169 cm³/mol. The molecule has 1 aliphatic heterocycles. The summed E-state index contributed by atoms with van der Waals surface area (Å²) in [7, 11) is 0. The molecule has 4 N–H and O–H groups in total. The van der Waals surface area contributed by atoms with E-state index in [1.807, 2.05) is 0 Å². The van der Waals surface area contributed by atoms with E-state index in [2.05, 4.69) is 26.0 Å². The smallest absolute Gasteiger partial charge is 0.335 e. The van der Waals surface area contributed by atoms with Crippen molar-refractivity contribution in [3.8, 4) is 0 Å². The van der Waals surface area contributed by atoms with Gasteiger partial charge in [-0.05, 0) is 32.1 Å². The quantitative estimate of drug-likeness (QED) is 0.0516. The van der Waals surface area contributed by atoms with E-state index in [4.69, 9.17) is 18.9 Å². The van der Waals surface area contributed by atoms with Crippen molar-refractivity contribution in [2.45, 2.75) is 173 Å². The van der Waals surface area contributed by atoms with Gasteiger partial charge in [0, 0.05) is 12.8 Å². The number of esters is 2. The summed E-state index contributed by atoms with van der Waals surface area (Å²) >= 11 is 0. The minimum atomic E-state index is -1.86. The van der Waals surface area contributed by atoms with Crippen molar-refractivity contribution in [1.82, 2.24) is 0 Å². The number of carboxylic acids is 1. The van der Waals surface area contributed by atoms with Gasteiger partial charge in [-0.25, -0.2) is 4.79 Å². The SMILES string of the molecule is CCC/C=C\CCCCCCCC(=O)OCC(COC1OC(C(=O)O)C(O)C(O)C1O)OC(=O)CCCCCCCCCCC. The molecule has 0 aliphatic carbocycles. The van der Waals surface area contributed by atoms with Gasteiger partial charge in [0.25, 0.3) is 0 Å². The van der Waals surface area contributed by atoms with E-state index in [0.29, 0.717) is 12.8 Å². The number of rotatable bonds is 27. The predicted octanol–water partition coefficient (Wildman–Crippen LogP) is 5.36. The van der Waals surface area contributed by atoms with Crippen LogP contribution in [0.15, 0.2) is 12.2 Å². The molecule has 0 aromatic rings. The number of carbonyl (C=O) groups excluding carboxylic acids is 2. The van der Waals surface area contributed by atoms with Gasteiger partial charge in [-0.1, -0.05) is 103 Å². The van der Waals surface area contributed by atoms with Crippen LogP contribution in [0, 0.1) is 0 Å². The van der Waals surface area contributed by atoms with Crippen LogP contribution in [-0.2, 0) is 33.3 Å². The average molecular weight is 645 g/mol. The van der Waals surface area contributed by atoms with Crippen molar-refractivity contribution in [2.24, 2.45) is 0 Å². The lowest BCUT2D eigenvalue weighted by atomic mass is 9.99. The summed E-state index contributed by atoms with van der Waals surface area (Å²) in [5.41, 5.74) is 0. The number of carboxylic acid groups (broad SMARTS) is 1. The lowest BCUT2D eigenvalue weighted by Crippen LogP contribution is -2.60. The first-order valence-corrected chi connectivity index (χ1v) is 17.2. The zero-order valence-electron chi connectivity index (χ0n) is 27.6. The van der Waals surface area contributed by atoms with Crippen molar-refractivity contribution in [3.05, 3.63) is 12.2 Å². The number of carbonyl (C=O) groups is 3. The molecule has 6 atom stereocenters. The fraction of sp³-hybridized carbons (Fsp3) is 0.853. The van der Waals surface area contributed by atoms with Crippen molar-refractivity contribution < 1.29 is 53.8 Å². The maximum Gasteiger partial charge on any atom is 0.335 e. The van der Waals surface area contributed by atoms with Gasteiger partial charge in [0.1, 0.15) is 24.9 Å². The molecule has 1 heterocycles. The minimum absolute atomic E-state index is 0.184. The number of aliphatic carboxylic acids is 1. The Labute approximate surface area is 269 Å². The second-order valence-electron chi connectivity index (χ2n) is 12.0. The third-order valence-electron chi connectivity index (χ3n) is 7.85. The molecule has 0 aromatic heterocycles. The molecule has 0 aromatic carbocycles. The lowest BCUT2D eigenvalue weighted by Gasteiger charge is -2.38. The van der Waals surface area contributed by atoms with Crippen LogP contribution in [0.25, 0.3) is 0 Å². The monoisotopic (exact) mass is 644 g/mol. The van der Waals surface area contributed by atoms with Crippen LogP contribution in [0.5, 0.6) is 0 Å². The molecular formula is C34H60O11. The van der Waals surface area contributed by atoms with E-state index in [9.17, 15) is 34.8 Å². The van der Waals surface area contributed by atoms with Crippen molar-refractivity contribution in [2.75, 3.05) is 13.2 Å². The number of unbranched alkanes of at least 4 members (excludes halogenated alkanes) is 14. The average Bonchev–Trinajstić information content (AvgIpc) is 3.01. The van der Waals surface area contributed by atoms with Gasteiger partial charge in [0.05, 0.1) is 6.61 Å². The van der Waals surface area contributed by atoms with E-state index in [1.165, 1.54) is 32.1 Å². The molecular weight excluding hydrogens is 584 g/mol. The zero-order valence-corrected chi connectivity index (χ0v) is 27.6. The number of hydrogen-bond acceptors (Lipinski definition) is 10. The van der Waals surface area contributed by atoms with Gasteiger partial charge >= 0.3 is 17.9 Å². The van der Waals surface area contributed by atoms with Crippen LogP contribution in [-0.4, -0.2) is 88.4 Å². The van der Waals surface area contributed by atoms with Crippen LogP contribution in [0.1, 0.15) is 136 Å². The molecule has 1 fully saturated rings. The van der Waals surface area contributed by atoms with Gasteiger partial charge in [0.2, 0.25) is 0 Å². The fourth-order valence-corrected chi connectivity index (χ4v) is 5.06. The number of ether oxygens (including phenoxy) is 4. The normalized spacial score (nSPS) is 22.4. The first-order valence-electron chi connectivity index (χ1n) is 17.2. The summed E-state index contributed by atoms with van der Waals surface area (Å²) in [6.45, 7) is 3.67. The van der Waals surface area contributed by atoms with Crippen molar-refractivity contribution in [1.29, 1.82) is 0 Å². The fourth-order valence-electron chi connectivity index (χ4n) is 5.06. The molecule has 0 amide bonds. The molecule has 0 bridgehead atoms. The maximum atomic E-state index is 12.6. The first kappa shape index (κ1) is 41.0. The van der Waals surface area contributed by atoms with E-state index in [1.54, 1.807) is 0 Å². The van der Waals surface area contributed by atoms with Crippen LogP contribution < -0.4 is 0 Å². The Kier molecular flexibility index (Phi) is 23.7. The molecule has 0 radical (unpaired) electrons. The second kappa shape index (κ2) is 26.1. The molecule has 45 heavy (non-hydrogen) atoms. The highest BCUT2D eigenvalue weighted by atomic mass is 16.7. The van der Waals surface area contributed by atoms with Crippen LogP contribution >= 0.6 is 0 Å². The summed E-state index contributed by atoms with van der Waals surface area (Å²) in [6, 6.07) is 0. The van der Waals surface area contributed by atoms with Crippen molar-refractivity contribution in [3.63, 3.8) is 0 Å². The van der Waals surface area contributed by atoms with Gasteiger partial charge in [-0.3, -0.25) is 9.59 Å². The number of aliphatic hydroxyl groups is 3. The van der Waals surface area contributed by atoms with E-state index >= 15 is 0 Å². The van der Waals surface area contributed by atoms with Crippen LogP contribution in [0.2, 0.25) is 0 Å². The molecule has 262 valence electrons. The Hall–Kier alpha value is -2.05. The Morgan fingerprint density at radius 3 is 1.82 bits per heavy atom. The molecule has 6 unspecified atom stereocenters. The number of aliphatic hydroxyl groups excluding tert-OH is 3. The summed E-state index contributed by atoms with van der Waals surface area (Å²) in [6.07, 6.45) is 13.0. The highest BCUT2D eigenvalue weighted by Crippen LogP contribution is 2.23. The summed E-state index contributed by atoms with van der Waals surface area (Å²) in [5.74, 6) is -2.46. The van der Waals surface area contributed by atoms with Gasteiger partial charge < -0.3 is 39.4 Å². The molecule has 1 saturated heterocycles. The molecule has 0 saturated carbocycles. The topological polar surface area (TPSA) is 169 Å². The van der Waals surface area contributed by atoms with E-state index in [-0.39, 0.29) is 26.1 Å². The standard InChI is InChI=1S/C34H60O11/c1-3-5-7-9-11-13-15-16-18-20-22-27(35)42-24-26(44-28(36)23-21-19-17-14-12-10-8-6-4-2)25-43-34-31(39)29(37)30(38)32(45-34)33(40)41/h7,9,26,29-32,34,37-39H,3-6,8,10-25H2,1-2H3,(H,40,41)/b9-7-. The maximum absolute atomic E-state index is 12.6. The highest BCUT2D eigenvalue weighted by Gasteiger charge is 2.47. The first-order chi connectivity index (χ1) is 21.7. The summed E-state index contributed by atoms with van der Waals surface area (Å²) in [4.78, 5) is 36.3. The Bertz CT molecular complexity index is 818. The van der Waals surface area contributed by atoms with Crippen LogP contribution in [0.4, 0.5) is 0 Å². The Morgan fingerprint density at radius 2 is 1.22 bits per heavy atom. The molecule has 0 spiro atoms. The summed E-state index contributed by atoms with van der Waals surface area (Å²) in [5, 5.41) is 39.4. The van der Waals surface area contributed by atoms with Crippen LogP contribution in [0.3, 0.4) is 0 Å². The third kappa shape index (κ3) is 19.3. The molecule has 11 nitrogen and oxygen atoms in total. The molecule has 1 rings (SSSR count). The molecule has 1 aliphatic rings. The third-order valence-corrected chi connectivity index (χ3v) is 7.85. The zero-order chi connectivity index (χ0) is 33.3. The highest BCUT2D eigenvalue weighted by molar-refractivity contribution is 5.73. The Balaban J connectivity index is 2.51. The summed E-state index contributed by atoms with van der Waals surface area (Å²) < 4.78 is 21.5.